The monoisotopic (exact) mass is 477 g/mol. The molecule has 6 aliphatic rings. The smallest absolute Gasteiger partial charge is 0.316 e. The number of aliphatic hydroxyl groups is 1. The van der Waals surface area contributed by atoms with Crippen LogP contribution in [0.3, 0.4) is 0 Å². The fourth-order valence-electron chi connectivity index (χ4n) is 7.79. The Morgan fingerprint density at radius 1 is 1.20 bits per heavy atom. The normalized spacial score (nSPS) is 37.0. The van der Waals surface area contributed by atoms with E-state index in [0.717, 1.165) is 49.7 Å². The Labute approximate surface area is 200 Å². The van der Waals surface area contributed by atoms with Gasteiger partial charge in [-0.05, 0) is 56.3 Å². The highest BCUT2D eigenvalue weighted by atomic mass is 16.5. The van der Waals surface area contributed by atoms with Crippen LogP contribution in [0, 0.1) is 17.8 Å². The lowest BCUT2D eigenvalue weighted by atomic mass is 9.52. The summed E-state index contributed by atoms with van der Waals surface area (Å²) in [5.74, 6) is 1.51. The molecule has 3 aromatic rings. The van der Waals surface area contributed by atoms with E-state index in [1.165, 1.54) is 0 Å². The average molecular weight is 478 g/mol. The van der Waals surface area contributed by atoms with Gasteiger partial charge >= 0.3 is 11.8 Å². The summed E-state index contributed by atoms with van der Waals surface area (Å²) in [6.45, 7) is 1.12. The zero-order valence-corrected chi connectivity index (χ0v) is 19.2. The molecule has 11 heteroatoms. The van der Waals surface area contributed by atoms with Crippen LogP contribution >= 0.6 is 0 Å². The van der Waals surface area contributed by atoms with E-state index in [-0.39, 0.29) is 30.0 Å². The van der Waals surface area contributed by atoms with Gasteiger partial charge in [-0.25, -0.2) is 9.97 Å². The van der Waals surface area contributed by atoms with Gasteiger partial charge in [0.15, 0.2) is 5.65 Å². The number of pyridine rings is 1. The number of H-pyrrole nitrogens is 1. The summed E-state index contributed by atoms with van der Waals surface area (Å²) in [5.41, 5.74) is 2.38. The number of nitrogens with one attached hydrogen (secondary N) is 2. The molecule has 3 N–H and O–H groups in total. The molecule has 4 saturated carbocycles. The van der Waals surface area contributed by atoms with Crippen molar-refractivity contribution in [1.82, 2.24) is 30.0 Å². The van der Waals surface area contributed by atoms with E-state index in [9.17, 15) is 9.90 Å². The summed E-state index contributed by atoms with van der Waals surface area (Å²) >= 11 is 0. The largest absolute Gasteiger partial charge is 0.390 e. The summed E-state index contributed by atoms with van der Waals surface area (Å²) < 4.78 is 11.0. The summed E-state index contributed by atoms with van der Waals surface area (Å²) in [7, 11) is 0. The minimum absolute atomic E-state index is 0.0138. The van der Waals surface area contributed by atoms with Crippen LogP contribution in [-0.2, 0) is 4.74 Å². The van der Waals surface area contributed by atoms with Crippen LogP contribution < -0.4 is 5.32 Å². The molecule has 3 aromatic heterocycles. The van der Waals surface area contributed by atoms with Crippen molar-refractivity contribution < 1.29 is 19.2 Å². The van der Waals surface area contributed by atoms with Gasteiger partial charge in [-0.2, -0.15) is 4.98 Å². The second-order valence-corrected chi connectivity index (χ2v) is 11.2. The molecular formula is C24H27N7O4. The van der Waals surface area contributed by atoms with Crippen LogP contribution in [0.15, 0.2) is 17.0 Å². The van der Waals surface area contributed by atoms with Crippen molar-refractivity contribution in [3.05, 3.63) is 18.4 Å². The first-order chi connectivity index (χ1) is 17.0. The highest BCUT2D eigenvalue weighted by Crippen LogP contribution is 2.56. The van der Waals surface area contributed by atoms with Crippen LogP contribution in [0.5, 0.6) is 0 Å². The number of carbonyl (C=O) groups is 1. The first-order valence-corrected chi connectivity index (χ1v) is 12.6. The van der Waals surface area contributed by atoms with Crippen molar-refractivity contribution in [3.63, 3.8) is 0 Å². The van der Waals surface area contributed by atoms with Gasteiger partial charge in [-0.15, -0.1) is 0 Å². The van der Waals surface area contributed by atoms with Crippen molar-refractivity contribution >= 4 is 22.8 Å². The molecule has 182 valence electrons. The maximum atomic E-state index is 13.1. The Kier molecular flexibility index (Phi) is 4.04. The molecule has 9 rings (SSSR count). The highest BCUT2D eigenvalue weighted by Gasteiger charge is 2.55. The molecule has 4 aliphatic carbocycles. The lowest BCUT2D eigenvalue weighted by molar-refractivity contribution is -0.129. The second kappa shape index (κ2) is 7.01. The van der Waals surface area contributed by atoms with Gasteiger partial charge in [0.05, 0.1) is 41.9 Å². The molecule has 35 heavy (non-hydrogen) atoms. The average Bonchev–Trinajstić information content (AvgIpc) is 3.63. The number of morpholine rings is 1. The van der Waals surface area contributed by atoms with E-state index < -0.39 is 5.60 Å². The molecule has 0 aromatic carbocycles. The second-order valence-electron chi connectivity index (χ2n) is 11.2. The fourth-order valence-corrected chi connectivity index (χ4v) is 7.79. The number of fused-ring (bicyclic) bond motifs is 3. The van der Waals surface area contributed by atoms with Gasteiger partial charge in [-0.1, -0.05) is 5.16 Å². The Bertz CT molecular complexity index is 1320. The topological polar surface area (TPSA) is 142 Å². The van der Waals surface area contributed by atoms with Crippen molar-refractivity contribution in [3.8, 4) is 11.4 Å². The Balaban J connectivity index is 1.14. The van der Waals surface area contributed by atoms with E-state index in [4.69, 9.17) is 9.26 Å². The molecular weight excluding hydrogens is 450 g/mol. The van der Waals surface area contributed by atoms with Crippen molar-refractivity contribution in [2.75, 3.05) is 18.5 Å². The maximum Gasteiger partial charge on any atom is 0.316 e. The number of likely N-dealkylation sites (tertiary alicyclic amines) is 1. The summed E-state index contributed by atoms with van der Waals surface area (Å²) in [6.07, 6.45) is 9.20. The minimum Gasteiger partial charge on any atom is -0.390 e. The van der Waals surface area contributed by atoms with Gasteiger partial charge in [0, 0.05) is 18.8 Å². The summed E-state index contributed by atoms with van der Waals surface area (Å²) in [5, 5.41) is 19.0. The van der Waals surface area contributed by atoms with Crippen molar-refractivity contribution in [2.45, 2.75) is 62.3 Å². The third kappa shape index (κ3) is 3.00. The van der Waals surface area contributed by atoms with E-state index in [1.54, 1.807) is 17.4 Å². The predicted molar refractivity (Wildman–Crippen MR) is 122 cm³/mol. The molecule has 0 spiro atoms. The van der Waals surface area contributed by atoms with E-state index in [2.05, 4.69) is 30.4 Å². The van der Waals surface area contributed by atoms with Crippen molar-refractivity contribution in [2.24, 2.45) is 17.8 Å². The number of ether oxygens (including phenoxy) is 1. The quantitative estimate of drug-likeness (QED) is 0.514. The molecule has 7 atom stereocenters. The fraction of sp³-hybridized carbons (Fsp3) is 0.625. The van der Waals surface area contributed by atoms with E-state index in [1.807, 2.05) is 0 Å². The predicted octanol–water partition coefficient (Wildman–Crippen LogP) is 1.97. The molecule has 6 fully saturated rings. The third-order valence-corrected chi connectivity index (χ3v) is 9.02. The number of aromatic amines is 1. The molecule has 5 heterocycles. The Morgan fingerprint density at radius 2 is 2.06 bits per heavy atom. The standard InChI is InChI=1S/C24H27N7O4/c32-23(31-8-15-3-14(31)9-34-15)22-29-20(30-35-22)16-7-25-21-19(26-10-27-21)18(16)28-17-12-1-11-2-13(17)6-24(33,4-11)5-12/h7,10-15,17,33H,1-6,8-9H2,(H2,25,26,27,28)/t11?,12-,13+,14-,15-,17?,24?/m0/s1. The van der Waals surface area contributed by atoms with Crippen LogP contribution in [-0.4, -0.2) is 77.9 Å². The molecule has 2 aliphatic heterocycles. The van der Waals surface area contributed by atoms with E-state index in [0.29, 0.717) is 47.9 Å². The first-order valence-electron chi connectivity index (χ1n) is 12.6. The molecule has 2 saturated heterocycles. The van der Waals surface area contributed by atoms with Crippen LogP contribution in [0.2, 0.25) is 0 Å². The number of aromatic nitrogens is 5. The zero-order chi connectivity index (χ0) is 23.3. The highest BCUT2D eigenvalue weighted by molar-refractivity contribution is 5.95. The number of nitrogens with zero attached hydrogens (tertiary/aromatic N) is 5. The number of imidazole rings is 1. The van der Waals surface area contributed by atoms with Crippen LogP contribution in [0.4, 0.5) is 5.69 Å². The van der Waals surface area contributed by atoms with Crippen LogP contribution in [0.25, 0.3) is 22.6 Å². The Hall–Kier alpha value is -3.05. The number of anilines is 1. The zero-order valence-electron chi connectivity index (χ0n) is 19.2. The summed E-state index contributed by atoms with van der Waals surface area (Å²) in [4.78, 5) is 31.3. The summed E-state index contributed by atoms with van der Waals surface area (Å²) in [6, 6.07) is 0.322. The van der Waals surface area contributed by atoms with Crippen molar-refractivity contribution in [1.29, 1.82) is 0 Å². The van der Waals surface area contributed by atoms with Gasteiger partial charge in [0.1, 0.15) is 5.52 Å². The molecule has 6 bridgehead atoms. The number of hydrogen-bond acceptors (Lipinski definition) is 9. The lowest BCUT2D eigenvalue weighted by Gasteiger charge is -2.58. The molecule has 0 radical (unpaired) electrons. The number of amides is 1. The molecule has 3 unspecified atom stereocenters. The van der Waals surface area contributed by atoms with Gasteiger partial charge in [0.2, 0.25) is 5.82 Å². The van der Waals surface area contributed by atoms with Gasteiger partial charge in [0.25, 0.3) is 0 Å². The first kappa shape index (κ1) is 20.2. The van der Waals surface area contributed by atoms with Gasteiger partial charge < -0.3 is 29.6 Å². The van der Waals surface area contributed by atoms with Gasteiger partial charge in [-0.3, -0.25) is 4.79 Å². The number of rotatable bonds is 4. The molecule has 11 nitrogen and oxygen atoms in total. The third-order valence-electron chi connectivity index (χ3n) is 9.02. The molecule has 1 amide bonds. The number of hydrogen-bond donors (Lipinski definition) is 3. The van der Waals surface area contributed by atoms with Crippen LogP contribution in [0.1, 0.15) is 49.2 Å². The number of carbonyl (C=O) groups excluding carboxylic acids is 1. The lowest BCUT2D eigenvalue weighted by Crippen LogP contribution is -2.59. The Morgan fingerprint density at radius 3 is 2.80 bits per heavy atom. The SMILES string of the molecule is O=C(c1nc(-c2cnc3nc[nH]c3c2NC2[C@@H]3CC4C[C@H]2CC(O)(C4)C3)no1)N1C[C@@H]2C[C@H]1CO2. The minimum atomic E-state index is -0.498. The maximum absolute atomic E-state index is 13.1. The van der Waals surface area contributed by atoms with E-state index >= 15 is 0 Å².